The Morgan fingerprint density at radius 1 is 1.10 bits per heavy atom. The molecule has 0 spiro atoms. The van der Waals surface area contributed by atoms with Crippen LogP contribution in [0.4, 0.5) is 9.52 Å². The Bertz CT molecular complexity index is 1210. The maximum atomic E-state index is 14.2. The van der Waals surface area contributed by atoms with Crippen LogP contribution in [0.25, 0.3) is 10.2 Å². The molecule has 0 aliphatic carbocycles. The topological polar surface area (TPSA) is 64.6 Å². The molecule has 3 heterocycles. The van der Waals surface area contributed by atoms with Crippen LogP contribution in [0, 0.1) is 5.82 Å². The third-order valence-corrected chi connectivity index (χ3v) is 5.54. The van der Waals surface area contributed by atoms with Crippen LogP contribution in [0.5, 0.6) is 11.5 Å². The number of amides is 1. The van der Waals surface area contributed by atoms with E-state index in [1.165, 1.54) is 22.3 Å². The van der Waals surface area contributed by atoms with Gasteiger partial charge in [0.2, 0.25) is 6.79 Å². The van der Waals surface area contributed by atoms with Crippen molar-refractivity contribution in [3.8, 4) is 11.5 Å². The van der Waals surface area contributed by atoms with Gasteiger partial charge in [0, 0.05) is 11.8 Å². The van der Waals surface area contributed by atoms with Gasteiger partial charge >= 0.3 is 0 Å². The third-order valence-electron chi connectivity index (χ3n) is 4.50. The minimum atomic E-state index is -0.418. The second-order valence-electron chi connectivity index (χ2n) is 6.36. The lowest BCUT2D eigenvalue weighted by molar-refractivity contribution is 0.0984. The van der Waals surface area contributed by atoms with Crippen LogP contribution < -0.4 is 14.4 Å². The maximum absolute atomic E-state index is 14.2. The summed E-state index contributed by atoms with van der Waals surface area (Å²) >= 11 is 1.26. The summed E-state index contributed by atoms with van der Waals surface area (Å²) in [6, 6.07) is 15.3. The Hall–Kier alpha value is -3.52. The summed E-state index contributed by atoms with van der Waals surface area (Å²) in [6.07, 6.45) is 1.66. The van der Waals surface area contributed by atoms with Crippen LogP contribution in [0.1, 0.15) is 16.1 Å². The van der Waals surface area contributed by atoms with Crippen LogP contribution in [0.15, 0.2) is 60.8 Å². The molecular weight excluding hydrogens is 393 g/mol. The number of hydrogen-bond donors (Lipinski definition) is 0. The summed E-state index contributed by atoms with van der Waals surface area (Å²) in [5, 5.41) is 0.401. The molecule has 0 unspecified atom stereocenters. The Kier molecular flexibility index (Phi) is 4.33. The number of benzene rings is 2. The number of carbonyl (C=O) groups excluding carboxylic acids is 1. The minimum Gasteiger partial charge on any atom is -0.454 e. The summed E-state index contributed by atoms with van der Waals surface area (Å²) in [5.74, 6) is 0.413. The molecule has 1 amide bonds. The first kappa shape index (κ1) is 17.6. The molecule has 2 aromatic carbocycles. The van der Waals surface area contributed by atoms with E-state index >= 15 is 0 Å². The molecule has 4 aromatic rings. The summed E-state index contributed by atoms with van der Waals surface area (Å²) < 4.78 is 25.5. The van der Waals surface area contributed by atoms with Crippen LogP contribution in [-0.2, 0) is 6.54 Å². The van der Waals surface area contributed by atoms with E-state index in [1.807, 2.05) is 12.1 Å². The van der Waals surface area contributed by atoms with Gasteiger partial charge in [0.1, 0.15) is 11.3 Å². The molecule has 5 rings (SSSR count). The second-order valence-corrected chi connectivity index (χ2v) is 7.37. The fourth-order valence-electron chi connectivity index (χ4n) is 3.08. The van der Waals surface area contributed by atoms with Gasteiger partial charge in [-0.2, -0.15) is 0 Å². The Morgan fingerprint density at radius 2 is 2.00 bits per heavy atom. The lowest BCUT2D eigenvalue weighted by Crippen LogP contribution is -2.30. The zero-order valence-electron chi connectivity index (χ0n) is 15.0. The highest BCUT2D eigenvalue weighted by Crippen LogP contribution is 2.35. The highest BCUT2D eigenvalue weighted by Gasteiger charge is 2.25. The Morgan fingerprint density at radius 3 is 2.83 bits per heavy atom. The van der Waals surface area contributed by atoms with Gasteiger partial charge in [0.05, 0.1) is 16.9 Å². The Balaban J connectivity index is 1.57. The zero-order chi connectivity index (χ0) is 19.8. The predicted molar refractivity (Wildman–Crippen MR) is 107 cm³/mol. The number of rotatable bonds is 4. The van der Waals surface area contributed by atoms with Crippen LogP contribution in [0.3, 0.4) is 0 Å². The average molecular weight is 407 g/mol. The molecule has 6 nitrogen and oxygen atoms in total. The highest BCUT2D eigenvalue weighted by molar-refractivity contribution is 7.22. The molecule has 0 saturated carbocycles. The fraction of sp³-hybridized carbons (Fsp3) is 0.0952. The second kappa shape index (κ2) is 7.14. The van der Waals surface area contributed by atoms with E-state index < -0.39 is 5.82 Å². The number of para-hydroxylation sites is 1. The van der Waals surface area contributed by atoms with E-state index in [2.05, 4.69) is 9.97 Å². The first-order valence-corrected chi connectivity index (χ1v) is 9.67. The fourth-order valence-corrected chi connectivity index (χ4v) is 4.06. The monoisotopic (exact) mass is 407 g/mol. The van der Waals surface area contributed by atoms with E-state index in [0.717, 1.165) is 0 Å². The van der Waals surface area contributed by atoms with E-state index in [-0.39, 0.29) is 24.8 Å². The number of ether oxygens (including phenoxy) is 2. The van der Waals surface area contributed by atoms with E-state index in [9.17, 15) is 9.18 Å². The van der Waals surface area contributed by atoms with Crippen molar-refractivity contribution in [1.29, 1.82) is 0 Å². The first-order valence-electron chi connectivity index (χ1n) is 8.85. The van der Waals surface area contributed by atoms with Gasteiger partial charge in [-0.05, 0) is 42.5 Å². The minimum absolute atomic E-state index is 0.127. The van der Waals surface area contributed by atoms with Crippen molar-refractivity contribution >= 4 is 32.6 Å². The van der Waals surface area contributed by atoms with Gasteiger partial charge in [-0.1, -0.05) is 23.5 Å². The predicted octanol–water partition coefficient (Wildman–Crippen LogP) is 4.41. The van der Waals surface area contributed by atoms with Gasteiger partial charge in [-0.15, -0.1) is 0 Å². The van der Waals surface area contributed by atoms with Crippen molar-refractivity contribution in [3.05, 3.63) is 77.9 Å². The summed E-state index contributed by atoms with van der Waals surface area (Å²) in [7, 11) is 0. The molecule has 144 valence electrons. The third kappa shape index (κ3) is 3.27. The van der Waals surface area contributed by atoms with Gasteiger partial charge in [0.25, 0.3) is 5.91 Å². The van der Waals surface area contributed by atoms with Gasteiger partial charge in [0.15, 0.2) is 16.6 Å². The molecule has 29 heavy (non-hydrogen) atoms. The van der Waals surface area contributed by atoms with Crippen molar-refractivity contribution in [1.82, 2.24) is 9.97 Å². The summed E-state index contributed by atoms with van der Waals surface area (Å²) in [6.45, 7) is 0.331. The average Bonchev–Trinajstić information content (AvgIpc) is 3.39. The van der Waals surface area contributed by atoms with Gasteiger partial charge in [-0.25, -0.2) is 9.37 Å². The van der Waals surface area contributed by atoms with E-state index in [4.69, 9.17) is 9.47 Å². The number of fused-ring (bicyclic) bond motifs is 2. The molecule has 0 saturated heterocycles. The maximum Gasteiger partial charge on any atom is 0.260 e. The van der Waals surface area contributed by atoms with Crippen LogP contribution in [-0.4, -0.2) is 22.7 Å². The van der Waals surface area contributed by atoms with Crippen molar-refractivity contribution in [2.24, 2.45) is 0 Å². The number of nitrogens with zero attached hydrogens (tertiary/aromatic N) is 3. The lowest BCUT2D eigenvalue weighted by Gasteiger charge is -2.19. The smallest absolute Gasteiger partial charge is 0.260 e. The largest absolute Gasteiger partial charge is 0.454 e. The molecule has 2 aromatic heterocycles. The first-order chi connectivity index (χ1) is 14.2. The molecule has 0 bridgehead atoms. The van der Waals surface area contributed by atoms with Gasteiger partial charge in [-0.3, -0.25) is 14.7 Å². The summed E-state index contributed by atoms with van der Waals surface area (Å²) in [5.41, 5.74) is 1.36. The Labute approximate surface area is 169 Å². The lowest BCUT2D eigenvalue weighted by atomic mass is 10.1. The number of thiazole rings is 1. The number of hydrogen-bond acceptors (Lipinski definition) is 6. The molecule has 0 atom stereocenters. The number of anilines is 1. The number of halogens is 1. The molecule has 1 aliphatic rings. The van der Waals surface area contributed by atoms with Crippen molar-refractivity contribution < 1.29 is 18.7 Å². The van der Waals surface area contributed by atoms with Crippen molar-refractivity contribution in [2.45, 2.75) is 6.54 Å². The SMILES string of the molecule is O=C(c1ccc2c(c1)OCO2)N(Cc1ccccn1)c1nc2c(F)cccc2s1. The van der Waals surface area contributed by atoms with Crippen LogP contribution >= 0.6 is 11.3 Å². The molecule has 0 N–H and O–H groups in total. The van der Waals surface area contributed by atoms with Gasteiger partial charge < -0.3 is 9.47 Å². The molecular formula is C21H14FN3O3S. The number of aromatic nitrogens is 2. The molecule has 8 heteroatoms. The number of carbonyl (C=O) groups is 1. The summed E-state index contributed by atoms with van der Waals surface area (Å²) in [4.78, 5) is 23.6. The normalized spacial score (nSPS) is 12.3. The quantitative estimate of drug-likeness (QED) is 0.502. The van der Waals surface area contributed by atoms with E-state index in [0.29, 0.717) is 32.6 Å². The van der Waals surface area contributed by atoms with Crippen molar-refractivity contribution in [2.75, 3.05) is 11.7 Å². The highest BCUT2D eigenvalue weighted by atomic mass is 32.1. The molecule has 0 fully saturated rings. The standard InChI is InChI=1S/C21H14FN3O3S/c22-15-5-3-6-18-19(15)24-21(29-18)25(11-14-4-1-2-9-23-14)20(26)13-7-8-16-17(10-13)28-12-27-16/h1-10H,11-12H2. The van der Waals surface area contributed by atoms with Crippen molar-refractivity contribution in [3.63, 3.8) is 0 Å². The van der Waals surface area contributed by atoms with E-state index in [1.54, 1.807) is 42.6 Å². The number of pyridine rings is 1. The van der Waals surface area contributed by atoms with Crippen LogP contribution in [0.2, 0.25) is 0 Å². The zero-order valence-corrected chi connectivity index (χ0v) is 15.9. The molecule has 0 radical (unpaired) electrons. The molecule has 1 aliphatic heterocycles.